The number of urea groups is 1. The maximum absolute atomic E-state index is 11.4. The summed E-state index contributed by atoms with van der Waals surface area (Å²) in [7, 11) is 0. The first-order chi connectivity index (χ1) is 8.88. The maximum Gasteiger partial charge on any atom is 0.326 e. The van der Waals surface area contributed by atoms with Crippen molar-refractivity contribution >= 4 is 17.9 Å². The van der Waals surface area contributed by atoms with Gasteiger partial charge in [0.25, 0.3) is 0 Å². The van der Waals surface area contributed by atoms with Crippen molar-refractivity contribution in [2.24, 2.45) is 5.73 Å². The minimum absolute atomic E-state index is 0.0755. The first-order valence-corrected chi connectivity index (χ1v) is 5.36. The van der Waals surface area contributed by atoms with Crippen LogP contribution in [0, 0.1) is 6.92 Å². The number of aryl methyl sites for hydroxylation is 1. The zero-order valence-electron chi connectivity index (χ0n) is 10.2. The molecule has 19 heavy (non-hydrogen) atoms. The number of nitrogens with two attached hydrogens (primary N) is 1. The Morgan fingerprint density at radius 3 is 2.68 bits per heavy atom. The predicted octanol–water partition coefficient (Wildman–Crippen LogP) is -0.889. The molecule has 1 aromatic heterocycles. The molecule has 0 fully saturated rings. The summed E-state index contributed by atoms with van der Waals surface area (Å²) in [6.07, 6.45) is -0.480. The van der Waals surface area contributed by atoms with Gasteiger partial charge in [0.2, 0.25) is 5.91 Å². The minimum Gasteiger partial charge on any atom is -0.480 e. The molecule has 0 saturated heterocycles. The van der Waals surface area contributed by atoms with Gasteiger partial charge in [0, 0.05) is 6.07 Å². The van der Waals surface area contributed by atoms with Gasteiger partial charge in [-0.1, -0.05) is 5.16 Å². The molecule has 0 unspecified atom stereocenters. The molecule has 9 heteroatoms. The SMILES string of the molecule is Cc1cc(CNC(=O)N[C@@H](CC(N)=O)C(=O)O)no1. The Bertz CT molecular complexity index is 484. The molecule has 104 valence electrons. The molecule has 1 heterocycles. The van der Waals surface area contributed by atoms with Gasteiger partial charge in [-0.25, -0.2) is 9.59 Å². The van der Waals surface area contributed by atoms with Crippen LogP contribution in [0.25, 0.3) is 0 Å². The average Bonchev–Trinajstić information content (AvgIpc) is 2.71. The molecule has 0 saturated carbocycles. The van der Waals surface area contributed by atoms with Crippen LogP contribution in [-0.2, 0) is 16.1 Å². The lowest BCUT2D eigenvalue weighted by atomic mass is 10.2. The van der Waals surface area contributed by atoms with Gasteiger partial charge in [-0.3, -0.25) is 4.79 Å². The van der Waals surface area contributed by atoms with Crippen molar-refractivity contribution in [3.8, 4) is 0 Å². The van der Waals surface area contributed by atoms with Crippen molar-refractivity contribution in [3.05, 3.63) is 17.5 Å². The lowest BCUT2D eigenvalue weighted by Gasteiger charge is -2.12. The van der Waals surface area contributed by atoms with Crippen LogP contribution in [0.5, 0.6) is 0 Å². The van der Waals surface area contributed by atoms with Crippen LogP contribution < -0.4 is 16.4 Å². The molecule has 0 aromatic carbocycles. The number of carboxylic acid groups (broad SMARTS) is 1. The number of carbonyl (C=O) groups excluding carboxylic acids is 2. The van der Waals surface area contributed by atoms with E-state index in [4.69, 9.17) is 15.4 Å². The molecule has 0 aliphatic heterocycles. The number of nitrogens with zero attached hydrogens (tertiary/aromatic N) is 1. The van der Waals surface area contributed by atoms with Crippen LogP contribution in [-0.4, -0.2) is 34.2 Å². The first kappa shape index (κ1) is 14.5. The van der Waals surface area contributed by atoms with Crippen LogP contribution in [0.3, 0.4) is 0 Å². The Morgan fingerprint density at radius 1 is 1.53 bits per heavy atom. The number of aromatic nitrogens is 1. The zero-order chi connectivity index (χ0) is 14.4. The monoisotopic (exact) mass is 270 g/mol. The summed E-state index contributed by atoms with van der Waals surface area (Å²) in [5.41, 5.74) is 5.37. The highest BCUT2D eigenvalue weighted by atomic mass is 16.5. The van der Waals surface area contributed by atoms with Gasteiger partial charge in [0.1, 0.15) is 17.5 Å². The van der Waals surface area contributed by atoms with E-state index in [0.717, 1.165) is 0 Å². The summed E-state index contributed by atoms with van der Waals surface area (Å²) in [6.45, 7) is 1.77. The number of nitrogens with one attached hydrogen (secondary N) is 2. The van der Waals surface area contributed by atoms with Gasteiger partial charge >= 0.3 is 12.0 Å². The summed E-state index contributed by atoms with van der Waals surface area (Å²) in [4.78, 5) is 32.8. The van der Waals surface area contributed by atoms with Gasteiger partial charge in [0.05, 0.1) is 13.0 Å². The molecular weight excluding hydrogens is 256 g/mol. The third-order valence-corrected chi connectivity index (χ3v) is 2.12. The van der Waals surface area contributed by atoms with Gasteiger partial charge in [-0.05, 0) is 6.92 Å². The molecule has 1 atom stereocenters. The fourth-order valence-corrected chi connectivity index (χ4v) is 1.28. The standard InChI is InChI=1S/C10H14N4O5/c1-5-2-6(14-19-5)4-12-10(18)13-7(9(16)17)3-8(11)15/h2,7H,3-4H2,1H3,(H2,11,15)(H,16,17)(H2,12,13,18)/t7-/m0/s1. The highest BCUT2D eigenvalue weighted by Crippen LogP contribution is 2.00. The van der Waals surface area contributed by atoms with E-state index in [2.05, 4.69) is 15.8 Å². The van der Waals surface area contributed by atoms with Crippen LogP contribution in [0.2, 0.25) is 0 Å². The Labute approximate surface area is 108 Å². The molecule has 0 radical (unpaired) electrons. The van der Waals surface area contributed by atoms with Crippen molar-refractivity contribution in [2.45, 2.75) is 25.9 Å². The number of aliphatic carboxylic acids is 1. The van der Waals surface area contributed by atoms with E-state index < -0.39 is 30.4 Å². The Balaban J connectivity index is 2.44. The fraction of sp³-hybridized carbons (Fsp3) is 0.400. The first-order valence-electron chi connectivity index (χ1n) is 5.36. The molecule has 0 aliphatic carbocycles. The van der Waals surface area contributed by atoms with E-state index in [1.165, 1.54) is 0 Å². The third kappa shape index (κ3) is 5.06. The summed E-state index contributed by atoms with van der Waals surface area (Å²) in [6, 6.07) is -0.482. The van der Waals surface area contributed by atoms with Crippen LogP contribution >= 0.6 is 0 Å². The molecular formula is C10H14N4O5. The molecule has 3 amide bonds. The number of hydrogen-bond acceptors (Lipinski definition) is 5. The average molecular weight is 270 g/mol. The van der Waals surface area contributed by atoms with Crippen molar-refractivity contribution < 1.29 is 24.0 Å². The maximum atomic E-state index is 11.4. The van der Waals surface area contributed by atoms with Crippen molar-refractivity contribution in [3.63, 3.8) is 0 Å². The highest BCUT2D eigenvalue weighted by molar-refractivity contribution is 5.87. The second kappa shape index (κ2) is 6.38. The Kier molecular flexibility index (Phi) is 4.86. The van der Waals surface area contributed by atoms with Gasteiger partial charge in [-0.15, -0.1) is 0 Å². The van der Waals surface area contributed by atoms with E-state index >= 15 is 0 Å². The fourth-order valence-electron chi connectivity index (χ4n) is 1.28. The smallest absolute Gasteiger partial charge is 0.326 e. The normalized spacial score (nSPS) is 11.6. The number of carbonyl (C=O) groups is 3. The van der Waals surface area contributed by atoms with Crippen LogP contribution in [0.4, 0.5) is 4.79 Å². The molecule has 0 aliphatic rings. The minimum atomic E-state index is -1.36. The number of carboxylic acids is 1. The molecule has 0 bridgehead atoms. The van der Waals surface area contributed by atoms with E-state index in [1.54, 1.807) is 13.0 Å². The summed E-state index contributed by atoms with van der Waals surface area (Å²) < 4.78 is 4.79. The summed E-state index contributed by atoms with van der Waals surface area (Å²) in [5, 5.41) is 16.9. The van der Waals surface area contributed by atoms with Crippen LogP contribution in [0.1, 0.15) is 17.9 Å². The zero-order valence-corrected chi connectivity index (χ0v) is 10.2. The second-order valence-electron chi connectivity index (χ2n) is 3.82. The number of amides is 3. The predicted molar refractivity (Wildman–Crippen MR) is 61.8 cm³/mol. The van der Waals surface area contributed by atoms with Crippen molar-refractivity contribution in [2.75, 3.05) is 0 Å². The molecule has 1 aromatic rings. The second-order valence-corrected chi connectivity index (χ2v) is 3.82. The van der Waals surface area contributed by atoms with E-state index in [0.29, 0.717) is 11.5 Å². The van der Waals surface area contributed by atoms with E-state index in [-0.39, 0.29) is 6.54 Å². The molecule has 0 spiro atoms. The number of primary amides is 1. The van der Waals surface area contributed by atoms with Gasteiger partial charge in [-0.2, -0.15) is 0 Å². The number of hydrogen-bond donors (Lipinski definition) is 4. The Hall–Kier alpha value is -2.58. The van der Waals surface area contributed by atoms with E-state index in [9.17, 15) is 14.4 Å². The van der Waals surface area contributed by atoms with Gasteiger partial charge in [0.15, 0.2) is 0 Å². The van der Waals surface area contributed by atoms with Crippen molar-refractivity contribution in [1.29, 1.82) is 0 Å². The van der Waals surface area contributed by atoms with Crippen molar-refractivity contribution in [1.82, 2.24) is 15.8 Å². The quantitative estimate of drug-likeness (QED) is 0.527. The Morgan fingerprint density at radius 2 is 2.21 bits per heavy atom. The highest BCUT2D eigenvalue weighted by Gasteiger charge is 2.21. The third-order valence-electron chi connectivity index (χ3n) is 2.12. The lowest BCUT2D eigenvalue weighted by molar-refractivity contribution is -0.140. The molecule has 5 N–H and O–H groups in total. The molecule has 9 nitrogen and oxygen atoms in total. The lowest BCUT2D eigenvalue weighted by Crippen LogP contribution is -2.47. The molecule has 1 rings (SSSR count). The number of rotatable bonds is 6. The summed E-state index contributed by atoms with van der Waals surface area (Å²) in [5.74, 6) is -1.57. The topological polar surface area (TPSA) is 148 Å². The van der Waals surface area contributed by atoms with E-state index in [1.807, 2.05) is 0 Å². The van der Waals surface area contributed by atoms with Crippen LogP contribution in [0.15, 0.2) is 10.6 Å². The summed E-state index contributed by atoms with van der Waals surface area (Å²) >= 11 is 0. The largest absolute Gasteiger partial charge is 0.480 e. The van der Waals surface area contributed by atoms with Gasteiger partial charge < -0.3 is 26.0 Å².